The number of hydrogen-bond acceptors (Lipinski definition) is 0. The van der Waals surface area contributed by atoms with Crippen molar-refractivity contribution < 1.29 is 0 Å². The Balaban J connectivity index is 2.16. The average Bonchev–Trinajstić information content (AvgIpc) is 2.30. The number of hydrogen-bond donors (Lipinski definition) is 0. The molecule has 0 amide bonds. The predicted molar refractivity (Wildman–Crippen MR) is 69.3 cm³/mol. The summed E-state index contributed by atoms with van der Waals surface area (Å²) in [6, 6.07) is 10.8. The van der Waals surface area contributed by atoms with Crippen molar-refractivity contribution in [2.24, 2.45) is 5.41 Å². The predicted octanol–water partition coefficient (Wildman–Crippen LogP) is 5.09. The third kappa shape index (κ3) is 2.44. The standard InChI is InChI=1S/C14H19Br/c1-14(10-6-3-7-11-14)13(15)12-8-4-2-5-9-12/h2,4-5,8-9,13H,3,6-7,10-11H2,1H3. The molecule has 0 N–H and O–H groups in total. The topological polar surface area (TPSA) is 0 Å². The zero-order chi connectivity index (χ0) is 10.7. The number of halogens is 1. The molecule has 0 heterocycles. The van der Waals surface area contributed by atoms with E-state index < -0.39 is 0 Å². The summed E-state index contributed by atoms with van der Waals surface area (Å²) >= 11 is 3.90. The van der Waals surface area contributed by atoms with Crippen LogP contribution in [0.25, 0.3) is 0 Å². The molecule has 1 heteroatoms. The van der Waals surface area contributed by atoms with Crippen LogP contribution in [0, 0.1) is 5.41 Å². The summed E-state index contributed by atoms with van der Waals surface area (Å²) in [7, 11) is 0. The van der Waals surface area contributed by atoms with Crippen LogP contribution >= 0.6 is 15.9 Å². The van der Waals surface area contributed by atoms with E-state index in [9.17, 15) is 0 Å². The number of alkyl halides is 1. The fraction of sp³-hybridized carbons (Fsp3) is 0.571. The highest BCUT2D eigenvalue weighted by Gasteiger charge is 2.34. The molecule has 15 heavy (non-hydrogen) atoms. The van der Waals surface area contributed by atoms with Crippen LogP contribution in [0.15, 0.2) is 30.3 Å². The molecule has 1 saturated carbocycles. The second-order valence-corrected chi connectivity index (χ2v) is 5.90. The first-order valence-corrected chi connectivity index (χ1v) is 6.83. The van der Waals surface area contributed by atoms with Gasteiger partial charge < -0.3 is 0 Å². The van der Waals surface area contributed by atoms with Gasteiger partial charge in [0.25, 0.3) is 0 Å². The summed E-state index contributed by atoms with van der Waals surface area (Å²) in [5, 5.41) is 0. The van der Waals surface area contributed by atoms with Gasteiger partial charge in [0.2, 0.25) is 0 Å². The summed E-state index contributed by atoms with van der Waals surface area (Å²) in [6.07, 6.45) is 6.93. The molecule has 82 valence electrons. The molecule has 0 aromatic heterocycles. The minimum Gasteiger partial charge on any atom is -0.0833 e. The van der Waals surface area contributed by atoms with E-state index in [0.29, 0.717) is 10.2 Å². The summed E-state index contributed by atoms with van der Waals surface area (Å²) in [6.45, 7) is 2.43. The smallest absolute Gasteiger partial charge is 0.0448 e. The lowest BCUT2D eigenvalue weighted by Crippen LogP contribution is -2.24. The Morgan fingerprint density at radius 1 is 1.07 bits per heavy atom. The minimum atomic E-state index is 0.458. The van der Waals surface area contributed by atoms with E-state index in [4.69, 9.17) is 0 Å². The first kappa shape index (κ1) is 11.2. The molecular weight excluding hydrogens is 248 g/mol. The molecule has 1 aliphatic rings. The van der Waals surface area contributed by atoms with Gasteiger partial charge in [-0.25, -0.2) is 0 Å². The second-order valence-electron chi connectivity index (χ2n) is 4.99. The highest BCUT2D eigenvalue weighted by atomic mass is 79.9. The molecule has 1 atom stereocenters. The normalized spacial score (nSPS) is 22.3. The van der Waals surface area contributed by atoms with E-state index >= 15 is 0 Å². The first-order valence-electron chi connectivity index (χ1n) is 5.91. The van der Waals surface area contributed by atoms with Crippen LogP contribution in [0.1, 0.15) is 49.4 Å². The van der Waals surface area contributed by atoms with E-state index in [-0.39, 0.29) is 0 Å². The quantitative estimate of drug-likeness (QED) is 0.654. The van der Waals surface area contributed by atoms with Crippen LogP contribution in [0.5, 0.6) is 0 Å². The van der Waals surface area contributed by atoms with Crippen molar-refractivity contribution in [3.63, 3.8) is 0 Å². The molecule has 0 spiro atoms. The van der Waals surface area contributed by atoms with Crippen LogP contribution in [-0.2, 0) is 0 Å². The molecule has 0 aliphatic heterocycles. The van der Waals surface area contributed by atoms with E-state index in [1.807, 2.05) is 0 Å². The van der Waals surface area contributed by atoms with Gasteiger partial charge in [0.05, 0.1) is 0 Å². The van der Waals surface area contributed by atoms with Gasteiger partial charge in [-0.05, 0) is 23.8 Å². The van der Waals surface area contributed by atoms with Crippen LogP contribution in [-0.4, -0.2) is 0 Å². The molecular formula is C14H19Br. The van der Waals surface area contributed by atoms with Gasteiger partial charge in [-0.2, -0.15) is 0 Å². The van der Waals surface area contributed by atoms with Crippen molar-refractivity contribution in [3.8, 4) is 0 Å². The van der Waals surface area contributed by atoms with E-state index in [1.54, 1.807) is 0 Å². The van der Waals surface area contributed by atoms with E-state index in [2.05, 4.69) is 53.2 Å². The summed E-state index contributed by atoms with van der Waals surface area (Å²) < 4.78 is 0. The Hall–Kier alpha value is -0.300. The zero-order valence-corrected chi connectivity index (χ0v) is 11.0. The van der Waals surface area contributed by atoms with Gasteiger partial charge in [-0.3, -0.25) is 0 Å². The first-order chi connectivity index (χ1) is 7.22. The molecule has 0 radical (unpaired) electrons. The Kier molecular flexibility index (Phi) is 3.50. The van der Waals surface area contributed by atoms with Crippen molar-refractivity contribution in [3.05, 3.63) is 35.9 Å². The highest BCUT2D eigenvalue weighted by Crippen LogP contribution is 2.49. The SMILES string of the molecule is CC1(C(Br)c2ccccc2)CCCCC1. The van der Waals surface area contributed by atoms with Crippen molar-refractivity contribution >= 4 is 15.9 Å². The van der Waals surface area contributed by atoms with Crippen molar-refractivity contribution in [2.75, 3.05) is 0 Å². The fourth-order valence-corrected chi connectivity index (χ4v) is 3.40. The van der Waals surface area contributed by atoms with Gasteiger partial charge in [0, 0.05) is 4.83 Å². The molecule has 1 aromatic rings. The lowest BCUT2D eigenvalue weighted by atomic mass is 9.72. The van der Waals surface area contributed by atoms with Crippen LogP contribution in [0.3, 0.4) is 0 Å². The van der Waals surface area contributed by atoms with Crippen molar-refractivity contribution in [1.29, 1.82) is 0 Å². The lowest BCUT2D eigenvalue weighted by molar-refractivity contribution is 0.213. The van der Waals surface area contributed by atoms with Crippen LogP contribution in [0.2, 0.25) is 0 Å². The summed E-state index contributed by atoms with van der Waals surface area (Å²) in [4.78, 5) is 0.520. The second kappa shape index (κ2) is 4.69. The minimum absolute atomic E-state index is 0.458. The zero-order valence-electron chi connectivity index (χ0n) is 9.38. The van der Waals surface area contributed by atoms with Crippen LogP contribution < -0.4 is 0 Å². The molecule has 1 fully saturated rings. The molecule has 2 rings (SSSR count). The van der Waals surface area contributed by atoms with Gasteiger partial charge in [0.1, 0.15) is 0 Å². The summed E-state index contributed by atoms with van der Waals surface area (Å²) in [5.41, 5.74) is 1.89. The maximum absolute atomic E-state index is 3.90. The third-order valence-electron chi connectivity index (χ3n) is 3.70. The van der Waals surface area contributed by atoms with Gasteiger partial charge in [-0.15, -0.1) is 0 Å². The summed E-state index contributed by atoms with van der Waals surface area (Å²) in [5.74, 6) is 0. The van der Waals surface area contributed by atoms with Gasteiger partial charge >= 0.3 is 0 Å². The van der Waals surface area contributed by atoms with Crippen molar-refractivity contribution in [2.45, 2.75) is 43.9 Å². The van der Waals surface area contributed by atoms with E-state index in [0.717, 1.165) is 0 Å². The highest BCUT2D eigenvalue weighted by molar-refractivity contribution is 9.09. The molecule has 0 nitrogen and oxygen atoms in total. The monoisotopic (exact) mass is 266 g/mol. The molecule has 1 aliphatic carbocycles. The van der Waals surface area contributed by atoms with Gasteiger partial charge in [0.15, 0.2) is 0 Å². The third-order valence-corrected chi connectivity index (χ3v) is 5.33. The number of rotatable bonds is 2. The van der Waals surface area contributed by atoms with Crippen molar-refractivity contribution in [1.82, 2.24) is 0 Å². The molecule has 0 saturated heterocycles. The lowest BCUT2D eigenvalue weighted by Gasteiger charge is -2.38. The molecule has 0 bridgehead atoms. The number of benzene rings is 1. The van der Waals surface area contributed by atoms with E-state index in [1.165, 1.54) is 37.7 Å². The maximum atomic E-state index is 3.90. The Bertz CT molecular complexity index is 298. The van der Waals surface area contributed by atoms with Crippen LogP contribution in [0.4, 0.5) is 0 Å². The Morgan fingerprint density at radius 2 is 1.67 bits per heavy atom. The molecule has 1 aromatic carbocycles. The Morgan fingerprint density at radius 3 is 2.27 bits per heavy atom. The molecule has 1 unspecified atom stereocenters. The Labute approximate surface area is 101 Å². The fourth-order valence-electron chi connectivity index (χ4n) is 2.64. The largest absolute Gasteiger partial charge is 0.0833 e. The van der Waals surface area contributed by atoms with Gasteiger partial charge in [-0.1, -0.05) is 72.4 Å². The maximum Gasteiger partial charge on any atom is 0.0448 e. The average molecular weight is 267 g/mol.